The molecule has 0 saturated carbocycles. The molecule has 0 radical (unpaired) electrons. The second kappa shape index (κ2) is 7.22. The standard InChI is InChI=1S/C20H26N2O2/c1-4-19-18-11-22-8-7-16(18)17-6-5-15(10-20(17)24-19)23-12-14(21)9-13(2)3/h5-8,10-11,13-14,19H,4,9,12,21H2,1-3H3. The molecule has 2 heterocycles. The highest BCUT2D eigenvalue weighted by molar-refractivity contribution is 5.76. The first-order valence-corrected chi connectivity index (χ1v) is 8.71. The lowest BCUT2D eigenvalue weighted by Crippen LogP contribution is -2.29. The summed E-state index contributed by atoms with van der Waals surface area (Å²) in [7, 11) is 0. The van der Waals surface area contributed by atoms with Crippen molar-refractivity contribution in [1.82, 2.24) is 4.98 Å². The summed E-state index contributed by atoms with van der Waals surface area (Å²) in [6.45, 7) is 6.99. The maximum absolute atomic E-state index is 6.17. The van der Waals surface area contributed by atoms with Crippen LogP contribution in [0.1, 0.15) is 45.3 Å². The molecule has 0 aliphatic carbocycles. The van der Waals surface area contributed by atoms with Crippen molar-refractivity contribution in [2.24, 2.45) is 11.7 Å². The van der Waals surface area contributed by atoms with Crippen LogP contribution in [0.5, 0.6) is 11.5 Å². The largest absolute Gasteiger partial charge is 0.492 e. The van der Waals surface area contributed by atoms with E-state index in [1.807, 2.05) is 24.5 Å². The van der Waals surface area contributed by atoms with E-state index < -0.39 is 0 Å². The Balaban J connectivity index is 1.80. The van der Waals surface area contributed by atoms with Crippen molar-refractivity contribution in [2.75, 3.05) is 6.61 Å². The van der Waals surface area contributed by atoms with E-state index in [2.05, 4.69) is 37.9 Å². The van der Waals surface area contributed by atoms with Gasteiger partial charge in [0.05, 0.1) is 0 Å². The van der Waals surface area contributed by atoms with Crippen LogP contribution in [0.4, 0.5) is 0 Å². The molecule has 0 fully saturated rings. The first-order valence-electron chi connectivity index (χ1n) is 8.71. The number of hydrogen-bond acceptors (Lipinski definition) is 4. The molecule has 3 rings (SSSR count). The van der Waals surface area contributed by atoms with Gasteiger partial charge in [0, 0.05) is 35.6 Å². The predicted octanol–water partition coefficient (Wildman–Crippen LogP) is 4.34. The van der Waals surface area contributed by atoms with E-state index >= 15 is 0 Å². The Labute approximate surface area is 144 Å². The van der Waals surface area contributed by atoms with Gasteiger partial charge in [-0.2, -0.15) is 0 Å². The highest BCUT2D eigenvalue weighted by atomic mass is 16.5. The molecule has 1 aromatic heterocycles. The smallest absolute Gasteiger partial charge is 0.131 e. The van der Waals surface area contributed by atoms with E-state index in [-0.39, 0.29) is 12.1 Å². The van der Waals surface area contributed by atoms with Gasteiger partial charge in [0.2, 0.25) is 0 Å². The van der Waals surface area contributed by atoms with E-state index in [4.69, 9.17) is 15.2 Å². The fourth-order valence-corrected chi connectivity index (χ4v) is 3.22. The Morgan fingerprint density at radius 3 is 2.83 bits per heavy atom. The van der Waals surface area contributed by atoms with Gasteiger partial charge in [-0.3, -0.25) is 4.98 Å². The molecule has 2 unspecified atom stereocenters. The highest BCUT2D eigenvalue weighted by Crippen LogP contribution is 2.44. The number of rotatable bonds is 6. The Bertz CT molecular complexity index is 700. The predicted molar refractivity (Wildman–Crippen MR) is 96.3 cm³/mol. The van der Waals surface area contributed by atoms with E-state index in [0.717, 1.165) is 35.5 Å². The summed E-state index contributed by atoms with van der Waals surface area (Å²) in [5.74, 6) is 2.25. The van der Waals surface area contributed by atoms with Gasteiger partial charge in [-0.15, -0.1) is 0 Å². The summed E-state index contributed by atoms with van der Waals surface area (Å²) in [6.07, 6.45) is 5.64. The molecule has 2 N–H and O–H groups in total. The van der Waals surface area contributed by atoms with Crippen molar-refractivity contribution in [3.8, 4) is 22.6 Å². The third-order valence-electron chi connectivity index (χ3n) is 4.32. The minimum atomic E-state index is 0.0413. The number of ether oxygens (including phenoxy) is 2. The van der Waals surface area contributed by atoms with Gasteiger partial charge in [0.25, 0.3) is 0 Å². The molecule has 128 valence electrons. The SMILES string of the molecule is CCC1Oc2cc(OCC(N)CC(C)C)ccc2-c2ccncc21. The molecule has 2 atom stereocenters. The van der Waals surface area contributed by atoms with Crippen molar-refractivity contribution >= 4 is 0 Å². The van der Waals surface area contributed by atoms with Gasteiger partial charge < -0.3 is 15.2 Å². The second-order valence-electron chi connectivity index (χ2n) is 6.84. The number of fused-ring (bicyclic) bond motifs is 3. The van der Waals surface area contributed by atoms with Crippen LogP contribution in [0.15, 0.2) is 36.7 Å². The number of benzene rings is 1. The van der Waals surface area contributed by atoms with Gasteiger partial charge in [-0.1, -0.05) is 20.8 Å². The zero-order valence-corrected chi connectivity index (χ0v) is 14.7. The fraction of sp³-hybridized carbons (Fsp3) is 0.450. The van der Waals surface area contributed by atoms with Gasteiger partial charge in [0.1, 0.15) is 24.2 Å². The summed E-state index contributed by atoms with van der Waals surface area (Å²) in [5.41, 5.74) is 9.55. The number of pyridine rings is 1. The Morgan fingerprint density at radius 2 is 2.08 bits per heavy atom. The number of nitrogens with zero attached hydrogens (tertiary/aromatic N) is 1. The zero-order valence-electron chi connectivity index (χ0n) is 14.7. The average molecular weight is 326 g/mol. The molecular weight excluding hydrogens is 300 g/mol. The first-order chi connectivity index (χ1) is 11.6. The van der Waals surface area contributed by atoms with Crippen LogP contribution in [-0.4, -0.2) is 17.6 Å². The second-order valence-corrected chi connectivity index (χ2v) is 6.84. The van der Waals surface area contributed by atoms with E-state index in [9.17, 15) is 0 Å². The Hall–Kier alpha value is -2.07. The van der Waals surface area contributed by atoms with Gasteiger partial charge >= 0.3 is 0 Å². The van der Waals surface area contributed by atoms with E-state index in [1.165, 1.54) is 5.56 Å². The molecule has 1 aliphatic heterocycles. The monoisotopic (exact) mass is 326 g/mol. The number of aromatic nitrogens is 1. The topological polar surface area (TPSA) is 57.4 Å². The van der Waals surface area contributed by atoms with Crippen molar-refractivity contribution in [3.63, 3.8) is 0 Å². The van der Waals surface area contributed by atoms with Crippen LogP contribution in [0, 0.1) is 5.92 Å². The van der Waals surface area contributed by atoms with Gasteiger partial charge in [-0.25, -0.2) is 0 Å². The minimum Gasteiger partial charge on any atom is -0.492 e. The maximum atomic E-state index is 6.17. The van der Waals surface area contributed by atoms with Crippen molar-refractivity contribution in [3.05, 3.63) is 42.2 Å². The molecule has 4 heteroatoms. The van der Waals surface area contributed by atoms with Crippen LogP contribution in [0.2, 0.25) is 0 Å². The molecule has 0 amide bonds. The molecule has 1 aromatic carbocycles. The van der Waals surface area contributed by atoms with Crippen molar-refractivity contribution in [2.45, 2.75) is 45.8 Å². The third kappa shape index (κ3) is 3.54. The molecule has 4 nitrogen and oxygen atoms in total. The normalized spacial score (nSPS) is 17.0. The van der Waals surface area contributed by atoms with Crippen LogP contribution >= 0.6 is 0 Å². The summed E-state index contributed by atoms with van der Waals surface area (Å²) in [4.78, 5) is 4.24. The molecule has 0 spiro atoms. The van der Waals surface area contributed by atoms with Crippen LogP contribution < -0.4 is 15.2 Å². The molecule has 24 heavy (non-hydrogen) atoms. The van der Waals surface area contributed by atoms with E-state index in [0.29, 0.717) is 12.5 Å². The summed E-state index contributed by atoms with van der Waals surface area (Å²) in [5, 5.41) is 0. The number of nitrogens with two attached hydrogens (primary N) is 1. The number of hydrogen-bond donors (Lipinski definition) is 1. The zero-order chi connectivity index (χ0) is 17.1. The average Bonchev–Trinajstić information content (AvgIpc) is 2.58. The van der Waals surface area contributed by atoms with E-state index in [1.54, 1.807) is 0 Å². The van der Waals surface area contributed by atoms with Crippen molar-refractivity contribution < 1.29 is 9.47 Å². The maximum Gasteiger partial charge on any atom is 0.131 e. The quantitative estimate of drug-likeness (QED) is 0.857. The first kappa shape index (κ1) is 16.8. The molecule has 0 bridgehead atoms. The van der Waals surface area contributed by atoms with Gasteiger partial charge in [0.15, 0.2) is 0 Å². The lowest BCUT2D eigenvalue weighted by molar-refractivity contribution is 0.195. The molecular formula is C20H26N2O2. The minimum absolute atomic E-state index is 0.0413. The van der Waals surface area contributed by atoms with Gasteiger partial charge in [-0.05, 0) is 42.5 Å². The fourth-order valence-electron chi connectivity index (χ4n) is 3.22. The van der Waals surface area contributed by atoms with Crippen LogP contribution in [0.25, 0.3) is 11.1 Å². The summed E-state index contributed by atoms with van der Waals surface area (Å²) >= 11 is 0. The highest BCUT2D eigenvalue weighted by Gasteiger charge is 2.25. The summed E-state index contributed by atoms with van der Waals surface area (Å²) in [6, 6.07) is 8.13. The third-order valence-corrected chi connectivity index (χ3v) is 4.32. The lowest BCUT2D eigenvalue weighted by Gasteiger charge is -2.28. The van der Waals surface area contributed by atoms with Crippen molar-refractivity contribution in [1.29, 1.82) is 0 Å². The lowest BCUT2D eigenvalue weighted by atomic mass is 9.93. The molecule has 0 saturated heterocycles. The van der Waals surface area contributed by atoms with Crippen LogP contribution in [-0.2, 0) is 0 Å². The Morgan fingerprint density at radius 1 is 1.25 bits per heavy atom. The molecule has 1 aliphatic rings. The molecule has 2 aromatic rings. The Kier molecular flexibility index (Phi) is 5.05. The summed E-state index contributed by atoms with van der Waals surface area (Å²) < 4.78 is 12.0. The van der Waals surface area contributed by atoms with Crippen LogP contribution in [0.3, 0.4) is 0 Å².